The number of nitrogens with zero attached hydrogens (tertiary/aromatic N) is 2. The van der Waals surface area contributed by atoms with Crippen LogP contribution in [-0.4, -0.2) is 20.6 Å². The van der Waals surface area contributed by atoms with Gasteiger partial charge in [0, 0.05) is 12.5 Å². The third kappa shape index (κ3) is 0.841. The van der Waals surface area contributed by atoms with E-state index in [0.717, 1.165) is 18.8 Å². The van der Waals surface area contributed by atoms with Crippen molar-refractivity contribution in [2.75, 3.05) is 0 Å². The summed E-state index contributed by atoms with van der Waals surface area (Å²) in [5.74, 6) is 0.424. The molecule has 0 unspecified atom stereocenters. The predicted octanol–water partition coefficient (Wildman–Crippen LogP) is 1.09. The Morgan fingerprint density at radius 1 is 1.83 bits per heavy atom. The minimum absolute atomic E-state index is 0.314. The summed E-state index contributed by atoms with van der Waals surface area (Å²) < 4.78 is 1.78. The van der Waals surface area contributed by atoms with E-state index in [1.807, 2.05) is 0 Å². The predicted molar refractivity (Wildman–Crippen MR) is 42.2 cm³/mol. The number of carboxylic acid groups (broad SMARTS) is 1. The van der Waals surface area contributed by atoms with Crippen LogP contribution in [0.5, 0.6) is 0 Å². The Balaban J connectivity index is 2.49. The van der Waals surface area contributed by atoms with Crippen LogP contribution in [0.2, 0.25) is 0 Å². The minimum Gasteiger partial charge on any atom is -0.477 e. The highest BCUT2D eigenvalue weighted by Gasteiger charge is 2.24. The van der Waals surface area contributed by atoms with E-state index in [1.54, 1.807) is 4.57 Å². The van der Waals surface area contributed by atoms with Crippen LogP contribution in [0.25, 0.3) is 0 Å². The van der Waals surface area contributed by atoms with Gasteiger partial charge in [0.05, 0.1) is 6.20 Å². The molecule has 12 heavy (non-hydrogen) atoms. The molecule has 0 radical (unpaired) electrons. The number of hydrogen-bond donors (Lipinski definition) is 1. The summed E-state index contributed by atoms with van der Waals surface area (Å²) in [5, 5.41) is 8.76. The first-order valence-corrected chi connectivity index (χ1v) is 3.99. The lowest BCUT2D eigenvalue weighted by Gasteiger charge is -1.98. The molecule has 0 aliphatic carbocycles. The van der Waals surface area contributed by atoms with E-state index in [9.17, 15) is 4.79 Å². The maximum absolute atomic E-state index is 10.7. The lowest BCUT2D eigenvalue weighted by Crippen LogP contribution is -2.05. The van der Waals surface area contributed by atoms with Crippen LogP contribution in [0.15, 0.2) is 6.20 Å². The molecule has 1 N–H and O–H groups in total. The van der Waals surface area contributed by atoms with E-state index in [0.29, 0.717) is 11.6 Å². The van der Waals surface area contributed by atoms with Crippen LogP contribution in [0.3, 0.4) is 0 Å². The van der Waals surface area contributed by atoms with Crippen LogP contribution in [0, 0.1) is 0 Å². The minimum atomic E-state index is -0.886. The maximum atomic E-state index is 10.7. The molecule has 0 aromatic carbocycles. The zero-order valence-electron chi connectivity index (χ0n) is 6.82. The van der Waals surface area contributed by atoms with Gasteiger partial charge in [-0.05, 0) is 6.42 Å². The molecule has 2 heterocycles. The molecule has 0 amide bonds. The van der Waals surface area contributed by atoms with Crippen LogP contribution in [-0.2, 0) is 6.54 Å². The van der Waals surface area contributed by atoms with Gasteiger partial charge in [-0.2, -0.15) is 0 Å². The van der Waals surface area contributed by atoms with Gasteiger partial charge in [-0.3, -0.25) is 0 Å². The SMILES string of the molecule is C[C@@H]1CCn2c(C(=O)O)cnc21. The highest BCUT2D eigenvalue weighted by atomic mass is 16.4. The van der Waals surface area contributed by atoms with Crippen molar-refractivity contribution in [1.29, 1.82) is 0 Å². The van der Waals surface area contributed by atoms with Crippen molar-refractivity contribution < 1.29 is 9.90 Å². The second-order valence-electron chi connectivity index (χ2n) is 3.15. The molecule has 1 aromatic heterocycles. The third-order valence-electron chi connectivity index (χ3n) is 2.33. The molecule has 0 bridgehead atoms. The van der Waals surface area contributed by atoms with Gasteiger partial charge in [-0.15, -0.1) is 0 Å². The Bertz CT molecular complexity index is 330. The van der Waals surface area contributed by atoms with Gasteiger partial charge >= 0.3 is 5.97 Å². The largest absolute Gasteiger partial charge is 0.477 e. The summed E-state index contributed by atoms with van der Waals surface area (Å²) in [7, 11) is 0. The first-order chi connectivity index (χ1) is 5.70. The summed E-state index contributed by atoms with van der Waals surface area (Å²) in [6, 6.07) is 0. The van der Waals surface area contributed by atoms with Gasteiger partial charge in [0.2, 0.25) is 0 Å². The molecule has 2 rings (SSSR count). The molecular formula is C8H10N2O2. The second kappa shape index (κ2) is 2.33. The van der Waals surface area contributed by atoms with Gasteiger partial charge in [-0.25, -0.2) is 9.78 Å². The number of imidazole rings is 1. The topological polar surface area (TPSA) is 55.1 Å². The highest BCUT2D eigenvalue weighted by molar-refractivity contribution is 5.85. The van der Waals surface area contributed by atoms with Crippen LogP contribution < -0.4 is 0 Å². The average molecular weight is 166 g/mol. The summed E-state index contributed by atoms with van der Waals surface area (Å²) in [6.07, 6.45) is 2.44. The summed E-state index contributed by atoms with van der Waals surface area (Å²) in [6.45, 7) is 2.86. The fraction of sp³-hybridized carbons (Fsp3) is 0.500. The number of carboxylic acids is 1. The van der Waals surface area contributed by atoms with Crippen molar-refractivity contribution in [1.82, 2.24) is 9.55 Å². The monoisotopic (exact) mass is 166 g/mol. The molecule has 64 valence electrons. The fourth-order valence-corrected chi connectivity index (χ4v) is 1.64. The number of aromatic carboxylic acids is 1. The standard InChI is InChI=1S/C8H10N2O2/c1-5-2-3-10-6(8(11)12)4-9-7(5)10/h4-5H,2-3H2,1H3,(H,11,12)/t5-/m1/s1. The molecule has 4 nitrogen and oxygen atoms in total. The second-order valence-corrected chi connectivity index (χ2v) is 3.15. The molecule has 4 heteroatoms. The van der Waals surface area contributed by atoms with Gasteiger partial charge in [0.15, 0.2) is 0 Å². The first-order valence-electron chi connectivity index (χ1n) is 3.99. The summed E-state index contributed by atoms with van der Waals surface area (Å²) in [5.41, 5.74) is 0.314. The van der Waals surface area contributed by atoms with E-state index in [4.69, 9.17) is 5.11 Å². The quantitative estimate of drug-likeness (QED) is 0.679. The van der Waals surface area contributed by atoms with Crippen molar-refractivity contribution in [3.05, 3.63) is 17.7 Å². The summed E-state index contributed by atoms with van der Waals surface area (Å²) >= 11 is 0. The lowest BCUT2D eigenvalue weighted by molar-refractivity contribution is 0.0685. The first kappa shape index (κ1) is 7.34. The van der Waals surface area contributed by atoms with Crippen molar-refractivity contribution >= 4 is 5.97 Å². The Morgan fingerprint density at radius 3 is 3.25 bits per heavy atom. The molecule has 1 atom stereocenters. The van der Waals surface area contributed by atoms with E-state index < -0.39 is 5.97 Å². The Labute approximate surface area is 69.8 Å². The number of aromatic nitrogens is 2. The molecule has 0 saturated carbocycles. The van der Waals surface area contributed by atoms with Crippen molar-refractivity contribution in [3.63, 3.8) is 0 Å². The van der Waals surface area contributed by atoms with Gasteiger partial charge in [0.1, 0.15) is 11.5 Å². The van der Waals surface area contributed by atoms with E-state index >= 15 is 0 Å². The Hall–Kier alpha value is -1.32. The normalized spacial score (nSPS) is 20.9. The fourth-order valence-electron chi connectivity index (χ4n) is 1.64. The van der Waals surface area contributed by atoms with E-state index in [1.165, 1.54) is 6.20 Å². The van der Waals surface area contributed by atoms with Crippen LogP contribution in [0.4, 0.5) is 0 Å². The number of carbonyl (C=O) groups is 1. The summed E-state index contributed by atoms with van der Waals surface area (Å²) in [4.78, 5) is 14.7. The van der Waals surface area contributed by atoms with Gasteiger partial charge < -0.3 is 9.67 Å². The molecule has 1 aliphatic rings. The van der Waals surface area contributed by atoms with Crippen molar-refractivity contribution in [3.8, 4) is 0 Å². The number of hydrogen-bond acceptors (Lipinski definition) is 2. The van der Waals surface area contributed by atoms with E-state index in [-0.39, 0.29) is 0 Å². The average Bonchev–Trinajstić information content (AvgIpc) is 2.53. The molecule has 0 saturated heterocycles. The maximum Gasteiger partial charge on any atom is 0.354 e. The molecule has 0 fully saturated rings. The third-order valence-corrected chi connectivity index (χ3v) is 2.33. The highest BCUT2D eigenvalue weighted by Crippen LogP contribution is 2.27. The van der Waals surface area contributed by atoms with E-state index in [2.05, 4.69) is 11.9 Å². The zero-order chi connectivity index (χ0) is 8.72. The number of rotatable bonds is 1. The Kier molecular flexibility index (Phi) is 1.43. The molecule has 0 spiro atoms. The molecule has 1 aromatic rings. The Morgan fingerprint density at radius 2 is 2.58 bits per heavy atom. The van der Waals surface area contributed by atoms with Crippen molar-refractivity contribution in [2.24, 2.45) is 0 Å². The van der Waals surface area contributed by atoms with Crippen LogP contribution in [0.1, 0.15) is 35.6 Å². The smallest absolute Gasteiger partial charge is 0.354 e. The zero-order valence-corrected chi connectivity index (χ0v) is 6.82. The lowest BCUT2D eigenvalue weighted by atomic mass is 10.1. The van der Waals surface area contributed by atoms with Crippen molar-refractivity contribution in [2.45, 2.75) is 25.8 Å². The molecule has 1 aliphatic heterocycles. The number of fused-ring (bicyclic) bond motifs is 1. The van der Waals surface area contributed by atoms with Gasteiger partial charge in [-0.1, -0.05) is 6.92 Å². The van der Waals surface area contributed by atoms with Crippen LogP contribution >= 0.6 is 0 Å². The molecular weight excluding hydrogens is 156 g/mol. The van der Waals surface area contributed by atoms with Gasteiger partial charge in [0.25, 0.3) is 0 Å².